The monoisotopic (exact) mass is 498 g/mol. The van der Waals surface area contributed by atoms with E-state index in [-0.39, 0.29) is 17.8 Å². The van der Waals surface area contributed by atoms with Gasteiger partial charge in [-0.3, -0.25) is 4.79 Å². The van der Waals surface area contributed by atoms with Gasteiger partial charge in [-0.15, -0.1) is 10.2 Å². The number of rotatable bonds is 8. The number of aryl methyl sites for hydroxylation is 1. The second-order valence-electron chi connectivity index (χ2n) is 6.71. The molecule has 0 aliphatic rings. The molecule has 1 amide bonds. The van der Waals surface area contributed by atoms with E-state index in [0.29, 0.717) is 44.0 Å². The van der Waals surface area contributed by atoms with E-state index in [4.69, 9.17) is 39.5 Å². The minimum atomic E-state index is -0.378. The molecule has 0 saturated carbocycles. The van der Waals surface area contributed by atoms with Gasteiger partial charge in [0.25, 0.3) is 0 Å². The number of benzene rings is 2. The SMILES string of the molecule is CCn1c(SCC(=O)Nc2c(Cl)cccc2Cl)nnc1C(C)Oc1cc(C)ccc1Cl. The molecule has 2 aromatic carbocycles. The number of carbonyl (C=O) groups is 1. The predicted octanol–water partition coefficient (Wildman–Crippen LogP) is 6.44. The van der Waals surface area contributed by atoms with E-state index in [9.17, 15) is 4.79 Å². The van der Waals surface area contributed by atoms with Crippen LogP contribution >= 0.6 is 46.6 Å². The van der Waals surface area contributed by atoms with Crippen LogP contribution in [0, 0.1) is 6.92 Å². The fourth-order valence-corrected chi connectivity index (χ4v) is 4.34. The summed E-state index contributed by atoms with van der Waals surface area (Å²) in [5.74, 6) is 1.11. The van der Waals surface area contributed by atoms with Crippen LogP contribution in [-0.4, -0.2) is 26.4 Å². The lowest BCUT2D eigenvalue weighted by Crippen LogP contribution is -2.16. The fourth-order valence-electron chi connectivity index (χ4n) is 2.87. The Morgan fingerprint density at radius 2 is 1.87 bits per heavy atom. The van der Waals surface area contributed by atoms with E-state index in [2.05, 4.69) is 15.5 Å². The van der Waals surface area contributed by atoms with Crippen molar-refractivity contribution in [1.82, 2.24) is 14.8 Å². The van der Waals surface area contributed by atoms with Crippen molar-refractivity contribution in [3.8, 4) is 5.75 Å². The summed E-state index contributed by atoms with van der Waals surface area (Å²) < 4.78 is 7.94. The first kappa shape index (κ1) is 23.7. The summed E-state index contributed by atoms with van der Waals surface area (Å²) in [6.07, 6.45) is -0.378. The average molecular weight is 500 g/mol. The Bertz CT molecular complexity index is 1070. The number of ether oxygens (including phenoxy) is 1. The highest BCUT2D eigenvalue weighted by Gasteiger charge is 2.20. The summed E-state index contributed by atoms with van der Waals surface area (Å²) in [6.45, 7) is 6.46. The van der Waals surface area contributed by atoms with Crippen molar-refractivity contribution in [2.45, 2.75) is 38.6 Å². The van der Waals surface area contributed by atoms with Gasteiger partial charge in [-0.25, -0.2) is 0 Å². The van der Waals surface area contributed by atoms with Crippen LogP contribution in [0.15, 0.2) is 41.6 Å². The van der Waals surface area contributed by atoms with Crippen LogP contribution in [0.3, 0.4) is 0 Å². The maximum Gasteiger partial charge on any atom is 0.234 e. The zero-order valence-electron chi connectivity index (χ0n) is 17.2. The molecule has 0 fully saturated rings. The summed E-state index contributed by atoms with van der Waals surface area (Å²) in [5, 5.41) is 13.2. The molecule has 0 aliphatic carbocycles. The number of nitrogens with one attached hydrogen (secondary N) is 1. The van der Waals surface area contributed by atoms with Crippen molar-refractivity contribution in [3.63, 3.8) is 0 Å². The largest absolute Gasteiger partial charge is 0.481 e. The number of anilines is 1. The molecule has 0 bridgehead atoms. The summed E-state index contributed by atoms with van der Waals surface area (Å²) >= 11 is 19.7. The molecule has 31 heavy (non-hydrogen) atoms. The minimum absolute atomic E-state index is 0.124. The summed E-state index contributed by atoms with van der Waals surface area (Å²) in [6, 6.07) is 10.6. The zero-order valence-corrected chi connectivity index (χ0v) is 20.2. The smallest absolute Gasteiger partial charge is 0.234 e. The highest BCUT2D eigenvalue weighted by molar-refractivity contribution is 7.99. The number of hydrogen-bond donors (Lipinski definition) is 1. The molecule has 1 aromatic heterocycles. The van der Waals surface area contributed by atoms with E-state index in [1.54, 1.807) is 24.3 Å². The van der Waals surface area contributed by atoms with Crippen molar-refractivity contribution in [3.05, 3.63) is 62.9 Å². The highest BCUT2D eigenvalue weighted by Crippen LogP contribution is 2.32. The van der Waals surface area contributed by atoms with Gasteiger partial charge < -0.3 is 14.6 Å². The second-order valence-corrected chi connectivity index (χ2v) is 8.88. The van der Waals surface area contributed by atoms with Crippen molar-refractivity contribution in [1.29, 1.82) is 0 Å². The molecule has 0 radical (unpaired) electrons. The lowest BCUT2D eigenvalue weighted by atomic mass is 10.2. The summed E-state index contributed by atoms with van der Waals surface area (Å²) in [4.78, 5) is 12.4. The maximum absolute atomic E-state index is 12.4. The summed E-state index contributed by atoms with van der Waals surface area (Å²) in [7, 11) is 0. The maximum atomic E-state index is 12.4. The Morgan fingerprint density at radius 1 is 1.16 bits per heavy atom. The van der Waals surface area contributed by atoms with Crippen molar-refractivity contribution in [2.75, 3.05) is 11.1 Å². The third-order valence-corrected chi connectivity index (χ3v) is 6.28. The number of halogens is 3. The Labute approximate surface area is 200 Å². The molecular weight excluding hydrogens is 479 g/mol. The Morgan fingerprint density at radius 3 is 2.55 bits per heavy atom. The average Bonchev–Trinajstić information content (AvgIpc) is 3.15. The van der Waals surface area contributed by atoms with E-state index in [1.807, 2.05) is 37.5 Å². The van der Waals surface area contributed by atoms with Gasteiger partial charge in [-0.05, 0) is 50.6 Å². The highest BCUT2D eigenvalue weighted by atomic mass is 35.5. The van der Waals surface area contributed by atoms with Crippen molar-refractivity contribution >= 4 is 58.2 Å². The molecule has 1 heterocycles. The Hall–Kier alpha value is -1.93. The standard InChI is InChI=1S/C21H21Cl3N4O2S/c1-4-28-20(13(3)30-17-10-12(2)8-9-14(17)22)26-27-21(28)31-11-18(29)25-19-15(23)6-5-7-16(19)24/h5-10,13H,4,11H2,1-3H3,(H,25,29). The number of amides is 1. The third kappa shape index (κ3) is 5.86. The van der Waals surface area contributed by atoms with Gasteiger partial charge in [0, 0.05) is 6.54 Å². The lowest BCUT2D eigenvalue weighted by Gasteiger charge is -2.17. The molecule has 1 unspecified atom stereocenters. The molecule has 0 saturated heterocycles. The summed E-state index contributed by atoms with van der Waals surface area (Å²) in [5.41, 5.74) is 1.44. The first-order valence-electron chi connectivity index (χ1n) is 9.52. The van der Waals surface area contributed by atoms with E-state index in [0.717, 1.165) is 5.56 Å². The molecule has 164 valence electrons. The lowest BCUT2D eigenvalue weighted by molar-refractivity contribution is -0.113. The zero-order chi connectivity index (χ0) is 22.5. The van der Waals surface area contributed by atoms with Gasteiger partial charge in [0.1, 0.15) is 5.75 Å². The van der Waals surface area contributed by atoms with Gasteiger partial charge in [0.2, 0.25) is 5.91 Å². The van der Waals surface area contributed by atoms with Crippen LogP contribution in [-0.2, 0) is 11.3 Å². The van der Waals surface area contributed by atoms with Gasteiger partial charge in [0.15, 0.2) is 17.1 Å². The van der Waals surface area contributed by atoms with Gasteiger partial charge in [0.05, 0.1) is 26.5 Å². The van der Waals surface area contributed by atoms with Gasteiger partial charge in [-0.1, -0.05) is 58.7 Å². The van der Waals surface area contributed by atoms with E-state index in [1.165, 1.54) is 11.8 Å². The van der Waals surface area contributed by atoms with E-state index >= 15 is 0 Å². The fraction of sp³-hybridized carbons (Fsp3) is 0.286. The Kier molecular flexibility index (Phi) is 8.11. The van der Waals surface area contributed by atoms with Crippen LogP contribution in [0.5, 0.6) is 5.75 Å². The van der Waals surface area contributed by atoms with Crippen LogP contribution < -0.4 is 10.1 Å². The molecule has 0 aliphatic heterocycles. The third-order valence-electron chi connectivity index (χ3n) is 4.38. The number of thioether (sulfide) groups is 1. The molecule has 3 aromatic rings. The van der Waals surface area contributed by atoms with Crippen molar-refractivity contribution < 1.29 is 9.53 Å². The molecule has 3 rings (SSSR count). The minimum Gasteiger partial charge on any atom is -0.481 e. The number of nitrogens with zero attached hydrogens (tertiary/aromatic N) is 3. The second kappa shape index (κ2) is 10.6. The number of aromatic nitrogens is 3. The van der Waals surface area contributed by atoms with Gasteiger partial charge >= 0.3 is 0 Å². The van der Waals surface area contributed by atoms with Crippen molar-refractivity contribution in [2.24, 2.45) is 0 Å². The normalized spacial score (nSPS) is 11.9. The molecule has 1 atom stereocenters. The molecule has 10 heteroatoms. The Balaban J connectivity index is 1.68. The molecule has 0 spiro atoms. The number of carbonyl (C=O) groups excluding carboxylic acids is 1. The predicted molar refractivity (Wildman–Crippen MR) is 127 cm³/mol. The molecule has 6 nitrogen and oxygen atoms in total. The topological polar surface area (TPSA) is 69.0 Å². The number of hydrogen-bond acceptors (Lipinski definition) is 5. The van der Waals surface area contributed by atoms with E-state index < -0.39 is 0 Å². The van der Waals surface area contributed by atoms with Crippen LogP contribution in [0.25, 0.3) is 0 Å². The molecule has 1 N–H and O–H groups in total. The van der Waals surface area contributed by atoms with Crippen LogP contribution in [0.4, 0.5) is 5.69 Å². The first-order chi connectivity index (χ1) is 14.8. The van der Waals surface area contributed by atoms with Crippen LogP contribution in [0.2, 0.25) is 15.1 Å². The number of para-hydroxylation sites is 1. The first-order valence-corrected chi connectivity index (χ1v) is 11.6. The molecular formula is C21H21Cl3N4O2S. The van der Waals surface area contributed by atoms with Gasteiger partial charge in [-0.2, -0.15) is 0 Å². The quantitative estimate of drug-likeness (QED) is 0.361. The van der Waals surface area contributed by atoms with Crippen LogP contribution in [0.1, 0.15) is 31.3 Å².